The van der Waals surface area contributed by atoms with Crippen LogP contribution < -0.4 is 0 Å². The normalized spacial score (nSPS) is 11.8. The van der Waals surface area contributed by atoms with E-state index in [1.165, 1.54) is 81.6 Å². The monoisotopic (exact) mass is 889 g/mol. The van der Waals surface area contributed by atoms with Crippen molar-refractivity contribution in [2.24, 2.45) is 0 Å². The van der Waals surface area contributed by atoms with Gasteiger partial charge in [-0.1, -0.05) is 206 Å². The molecule has 70 heavy (non-hydrogen) atoms. The quantitative estimate of drug-likeness (QED) is 0.156. The van der Waals surface area contributed by atoms with E-state index in [1.54, 1.807) is 0 Å². The van der Waals surface area contributed by atoms with E-state index < -0.39 is 0 Å². The summed E-state index contributed by atoms with van der Waals surface area (Å²) in [6.07, 6.45) is 0. The van der Waals surface area contributed by atoms with Crippen LogP contribution in [0.5, 0.6) is 0 Å². The minimum atomic E-state index is 0.699. The molecular formula is C67H43N3. The Balaban J connectivity index is 1.00. The van der Waals surface area contributed by atoms with Crippen LogP contribution >= 0.6 is 0 Å². The van der Waals surface area contributed by atoms with Crippen molar-refractivity contribution >= 4 is 75.7 Å². The standard InChI is InChI=1S/C67H43N3/c1-42-65(47-20-6-3-7-21-47)68-67(48-31-28-45(29-32-48)43-16-4-2-5-17-43)69-66(42)57-36-37-62(54-25-13-12-24-53(54)57)70-61-27-15-14-26-55(61)60-41-59-51(40-63(60)70)39-58(50-33-30-44-18-8-9-22-49(44)38-50)56-35-34-46-19-10-11-23-52(46)64(56)59/h2-41H,1H3. The Morgan fingerprint density at radius 1 is 0.300 bits per heavy atom. The van der Waals surface area contributed by atoms with Crippen LogP contribution in [-0.4, -0.2) is 14.5 Å². The largest absolute Gasteiger partial charge is 0.309 e. The van der Waals surface area contributed by atoms with Crippen molar-refractivity contribution in [1.82, 2.24) is 14.5 Å². The van der Waals surface area contributed by atoms with Crippen molar-refractivity contribution in [3.63, 3.8) is 0 Å². The minimum absolute atomic E-state index is 0.699. The zero-order chi connectivity index (χ0) is 46.3. The van der Waals surface area contributed by atoms with Gasteiger partial charge in [0.25, 0.3) is 0 Å². The predicted octanol–water partition coefficient (Wildman–Crippen LogP) is 18.0. The second kappa shape index (κ2) is 16.0. The number of nitrogens with zero attached hydrogens (tertiary/aromatic N) is 3. The third-order valence-electron chi connectivity index (χ3n) is 14.5. The summed E-state index contributed by atoms with van der Waals surface area (Å²) in [7, 11) is 0. The number of hydrogen-bond acceptors (Lipinski definition) is 2. The second-order valence-electron chi connectivity index (χ2n) is 18.5. The van der Waals surface area contributed by atoms with Gasteiger partial charge in [0.1, 0.15) is 0 Å². The first-order valence-corrected chi connectivity index (χ1v) is 24.1. The van der Waals surface area contributed by atoms with E-state index in [-0.39, 0.29) is 0 Å². The van der Waals surface area contributed by atoms with Gasteiger partial charge in [0, 0.05) is 38.4 Å². The molecule has 14 rings (SSSR count). The molecule has 0 amide bonds. The summed E-state index contributed by atoms with van der Waals surface area (Å²) in [4.78, 5) is 10.7. The highest BCUT2D eigenvalue weighted by atomic mass is 15.0. The molecule has 0 fully saturated rings. The third-order valence-corrected chi connectivity index (χ3v) is 14.5. The Kier molecular flexibility index (Phi) is 9.11. The fraction of sp³-hybridized carbons (Fsp3) is 0.0149. The molecule has 0 saturated heterocycles. The number of rotatable bonds is 6. The Hall–Kier alpha value is -9.18. The third kappa shape index (κ3) is 6.36. The van der Waals surface area contributed by atoms with Crippen molar-refractivity contribution in [2.75, 3.05) is 0 Å². The molecular weight excluding hydrogens is 847 g/mol. The summed E-state index contributed by atoms with van der Waals surface area (Å²) < 4.78 is 2.49. The lowest BCUT2D eigenvalue weighted by atomic mass is 9.89. The van der Waals surface area contributed by atoms with Gasteiger partial charge in [-0.15, -0.1) is 0 Å². The number of para-hydroxylation sites is 1. The van der Waals surface area contributed by atoms with Crippen LogP contribution in [0.3, 0.4) is 0 Å². The van der Waals surface area contributed by atoms with Crippen molar-refractivity contribution in [2.45, 2.75) is 6.92 Å². The van der Waals surface area contributed by atoms with Gasteiger partial charge >= 0.3 is 0 Å². The van der Waals surface area contributed by atoms with Crippen molar-refractivity contribution < 1.29 is 0 Å². The second-order valence-corrected chi connectivity index (χ2v) is 18.5. The number of aromatic nitrogens is 3. The highest BCUT2D eigenvalue weighted by molar-refractivity contribution is 6.27. The molecule has 0 aliphatic heterocycles. The maximum Gasteiger partial charge on any atom is 0.160 e. The fourth-order valence-electron chi connectivity index (χ4n) is 11.2. The Bertz CT molecular complexity index is 4400. The molecule has 0 atom stereocenters. The van der Waals surface area contributed by atoms with Crippen LogP contribution in [-0.2, 0) is 0 Å². The van der Waals surface area contributed by atoms with E-state index in [4.69, 9.17) is 9.97 Å². The Morgan fingerprint density at radius 3 is 1.70 bits per heavy atom. The van der Waals surface area contributed by atoms with E-state index in [2.05, 4.69) is 254 Å². The maximum absolute atomic E-state index is 5.46. The molecule has 0 unspecified atom stereocenters. The predicted molar refractivity (Wildman–Crippen MR) is 296 cm³/mol. The van der Waals surface area contributed by atoms with E-state index in [1.807, 2.05) is 0 Å². The first-order chi connectivity index (χ1) is 34.6. The zero-order valence-electron chi connectivity index (χ0n) is 38.4. The zero-order valence-corrected chi connectivity index (χ0v) is 38.4. The summed E-state index contributed by atoms with van der Waals surface area (Å²) in [6, 6.07) is 88.3. The molecule has 2 aromatic heterocycles. The summed E-state index contributed by atoms with van der Waals surface area (Å²) in [5.41, 5.74) is 14.2. The summed E-state index contributed by atoms with van der Waals surface area (Å²) in [5, 5.41) is 14.7. The van der Waals surface area contributed by atoms with E-state index >= 15 is 0 Å². The van der Waals surface area contributed by atoms with Gasteiger partial charge in [0.15, 0.2) is 5.82 Å². The lowest BCUT2D eigenvalue weighted by Gasteiger charge is -2.18. The van der Waals surface area contributed by atoms with Gasteiger partial charge in [-0.25, -0.2) is 9.97 Å². The minimum Gasteiger partial charge on any atom is -0.309 e. The smallest absolute Gasteiger partial charge is 0.160 e. The molecule has 2 heterocycles. The average Bonchev–Trinajstić information content (AvgIpc) is 3.75. The number of fused-ring (bicyclic) bond motifs is 10. The van der Waals surface area contributed by atoms with E-state index in [9.17, 15) is 0 Å². The number of hydrogen-bond donors (Lipinski definition) is 0. The lowest BCUT2D eigenvalue weighted by molar-refractivity contribution is 1.15. The van der Waals surface area contributed by atoms with E-state index in [0.29, 0.717) is 5.82 Å². The summed E-state index contributed by atoms with van der Waals surface area (Å²) in [5.74, 6) is 0.699. The highest BCUT2D eigenvalue weighted by Crippen LogP contribution is 2.45. The van der Waals surface area contributed by atoms with Crippen molar-refractivity contribution in [1.29, 1.82) is 0 Å². The van der Waals surface area contributed by atoms with E-state index in [0.717, 1.165) is 55.7 Å². The Morgan fingerprint density at radius 2 is 0.900 bits per heavy atom. The molecule has 0 N–H and O–H groups in total. The van der Waals surface area contributed by atoms with Crippen LogP contribution in [0.25, 0.3) is 138 Å². The first-order valence-electron chi connectivity index (χ1n) is 24.1. The molecule has 0 radical (unpaired) electrons. The molecule has 12 aromatic carbocycles. The summed E-state index contributed by atoms with van der Waals surface area (Å²) >= 11 is 0. The van der Waals surface area contributed by atoms with Crippen LogP contribution in [0.15, 0.2) is 243 Å². The Labute approximate surface area is 405 Å². The van der Waals surface area contributed by atoms with Gasteiger partial charge in [-0.3, -0.25) is 0 Å². The van der Waals surface area contributed by atoms with Crippen LogP contribution in [0, 0.1) is 6.92 Å². The van der Waals surface area contributed by atoms with Gasteiger partial charge in [0.2, 0.25) is 0 Å². The molecule has 0 saturated carbocycles. The van der Waals surface area contributed by atoms with Gasteiger partial charge in [-0.05, 0) is 114 Å². The molecule has 326 valence electrons. The lowest BCUT2D eigenvalue weighted by Crippen LogP contribution is -2.02. The molecule has 3 heteroatoms. The van der Waals surface area contributed by atoms with Gasteiger partial charge in [0.05, 0.1) is 28.1 Å². The maximum atomic E-state index is 5.46. The molecule has 0 spiro atoms. The number of benzene rings is 12. The van der Waals surface area contributed by atoms with Gasteiger partial charge in [-0.2, -0.15) is 0 Å². The van der Waals surface area contributed by atoms with Crippen LogP contribution in [0.4, 0.5) is 0 Å². The molecule has 0 aliphatic rings. The average molecular weight is 890 g/mol. The van der Waals surface area contributed by atoms with Crippen LogP contribution in [0.2, 0.25) is 0 Å². The van der Waals surface area contributed by atoms with Crippen molar-refractivity contribution in [3.05, 3.63) is 248 Å². The molecule has 0 aliphatic carbocycles. The fourth-order valence-corrected chi connectivity index (χ4v) is 11.2. The first kappa shape index (κ1) is 39.9. The topological polar surface area (TPSA) is 30.7 Å². The SMILES string of the molecule is Cc1c(-c2ccccc2)nc(-c2ccc(-c3ccccc3)cc2)nc1-c1ccc(-n2c3ccccc3c3cc4c(cc(-c5ccc6ccccc6c5)c5ccc6ccccc6c54)cc32)c2ccccc12. The molecule has 0 bridgehead atoms. The highest BCUT2D eigenvalue weighted by Gasteiger charge is 2.22. The van der Waals surface area contributed by atoms with Gasteiger partial charge < -0.3 is 4.57 Å². The summed E-state index contributed by atoms with van der Waals surface area (Å²) in [6.45, 7) is 2.17. The van der Waals surface area contributed by atoms with Crippen LogP contribution in [0.1, 0.15) is 5.56 Å². The molecule has 14 aromatic rings. The molecule has 3 nitrogen and oxygen atoms in total. The van der Waals surface area contributed by atoms with Crippen molar-refractivity contribution in [3.8, 4) is 61.8 Å².